The maximum absolute atomic E-state index is 10.9. The number of ketones is 1. The van der Waals surface area contributed by atoms with Crippen molar-refractivity contribution < 1.29 is 33.6 Å². The number of Topliss-reactive ketones (excluding diaryl/α,β-unsaturated/α-hetero) is 1. The predicted molar refractivity (Wildman–Crippen MR) is 173 cm³/mol. The molecule has 1 aromatic rings. The highest BCUT2D eigenvalue weighted by Gasteiger charge is 2.45. The third-order valence-corrected chi connectivity index (χ3v) is 8.52. The van der Waals surface area contributed by atoms with Crippen molar-refractivity contribution in [2.24, 2.45) is 10.8 Å². The number of terminal acetylenes is 1. The number of aliphatic hydroxyl groups is 1. The van der Waals surface area contributed by atoms with E-state index in [4.69, 9.17) is 30.1 Å². The molecule has 5 rings (SSSR count). The van der Waals surface area contributed by atoms with E-state index in [-0.39, 0.29) is 24.0 Å². The molecule has 2 aliphatic carbocycles. The molecule has 2 aliphatic heterocycles. The van der Waals surface area contributed by atoms with E-state index in [1.165, 1.54) is 5.56 Å². The fourth-order valence-corrected chi connectivity index (χ4v) is 5.06. The van der Waals surface area contributed by atoms with Crippen LogP contribution in [0.15, 0.2) is 30.3 Å². The molecule has 0 unspecified atom stereocenters. The molecule has 2 heterocycles. The smallest absolute Gasteiger partial charge is 0.169 e. The highest BCUT2D eigenvalue weighted by atomic mass is 16.7. The van der Waals surface area contributed by atoms with Gasteiger partial charge in [-0.1, -0.05) is 62.4 Å². The van der Waals surface area contributed by atoms with E-state index < -0.39 is 11.4 Å². The lowest BCUT2D eigenvalue weighted by molar-refractivity contribution is -0.195. The third-order valence-electron chi connectivity index (χ3n) is 8.52. The van der Waals surface area contributed by atoms with E-state index in [1.54, 1.807) is 0 Å². The molecule has 246 valence electrons. The van der Waals surface area contributed by atoms with Gasteiger partial charge < -0.3 is 28.8 Å². The standard InChI is InChI=1S/C15H24O3.C13H16O.C8H12O3.CH4/c1-4-13(2,3)5-6-14(16)7-9-15(10-8-14)17-11-12-18-15;1-4-13(2,3)11-14-10-12-8-6-5-7-9-12;9-7-1-3-8(4-2-7)10-5-6-11-8;/h16H,4,7-12H2,1-3H3;1,5-9H,10-11H2,2-3H3;1-6H2;1H4. The predicted octanol–water partition coefficient (Wildman–Crippen LogP) is 6.85. The van der Waals surface area contributed by atoms with Crippen LogP contribution in [0.25, 0.3) is 0 Å². The normalized spacial score (nSPS) is 21.4. The van der Waals surface area contributed by atoms with Crippen molar-refractivity contribution in [3.05, 3.63) is 35.9 Å². The second-order valence-electron chi connectivity index (χ2n) is 13.3. The van der Waals surface area contributed by atoms with Gasteiger partial charge in [0.25, 0.3) is 0 Å². The van der Waals surface area contributed by atoms with Crippen LogP contribution in [0.1, 0.15) is 105 Å². The van der Waals surface area contributed by atoms with Gasteiger partial charge in [0.2, 0.25) is 0 Å². The summed E-state index contributed by atoms with van der Waals surface area (Å²) in [5.41, 5.74) is 0.132. The molecule has 1 aromatic carbocycles. The van der Waals surface area contributed by atoms with E-state index in [2.05, 4.69) is 38.5 Å². The molecule has 7 nitrogen and oxygen atoms in total. The number of carbonyl (C=O) groups is 1. The Labute approximate surface area is 266 Å². The summed E-state index contributed by atoms with van der Waals surface area (Å²) in [4.78, 5) is 10.9. The first kappa shape index (κ1) is 38.0. The Morgan fingerprint density at radius 1 is 0.841 bits per heavy atom. The molecule has 0 atom stereocenters. The Kier molecular flexibility index (Phi) is 14.6. The lowest BCUT2D eigenvalue weighted by Crippen LogP contribution is -2.43. The molecule has 0 aromatic heterocycles. The van der Waals surface area contributed by atoms with Gasteiger partial charge in [-0.2, -0.15) is 0 Å². The maximum Gasteiger partial charge on any atom is 0.169 e. The zero-order valence-electron chi connectivity index (χ0n) is 27.0. The molecule has 4 fully saturated rings. The molecule has 4 aliphatic rings. The molecule has 0 bridgehead atoms. The van der Waals surface area contributed by atoms with Crippen LogP contribution in [0.2, 0.25) is 0 Å². The van der Waals surface area contributed by atoms with E-state index in [0.717, 1.165) is 32.1 Å². The Hall–Kier alpha value is -2.23. The van der Waals surface area contributed by atoms with Gasteiger partial charge in [-0.25, -0.2) is 0 Å². The minimum Gasteiger partial charge on any atom is -0.378 e. The number of ether oxygens (including phenoxy) is 5. The fourth-order valence-electron chi connectivity index (χ4n) is 5.06. The average Bonchev–Trinajstić information content (AvgIpc) is 3.67. The van der Waals surface area contributed by atoms with Crippen LogP contribution in [0.5, 0.6) is 0 Å². The molecule has 44 heavy (non-hydrogen) atoms. The Bertz CT molecular complexity index is 1090. The molecular weight excluding hydrogens is 556 g/mol. The van der Waals surface area contributed by atoms with Crippen molar-refractivity contribution in [2.45, 2.75) is 124 Å². The molecule has 1 N–H and O–H groups in total. The SMILES string of the molecule is C.C#CC(C)(C)COCc1ccccc1.CCC(C)(C)C#CC1(O)CCC2(CC1)OCCO2.O=C1CCC2(CC1)OCCO2. The second-order valence-corrected chi connectivity index (χ2v) is 13.3. The van der Waals surface area contributed by atoms with E-state index in [9.17, 15) is 9.90 Å². The summed E-state index contributed by atoms with van der Waals surface area (Å²) in [6, 6.07) is 10.1. The molecule has 2 saturated carbocycles. The largest absolute Gasteiger partial charge is 0.378 e. The van der Waals surface area contributed by atoms with Crippen LogP contribution in [0.3, 0.4) is 0 Å². The van der Waals surface area contributed by atoms with Crippen LogP contribution in [-0.2, 0) is 35.1 Å². The fraction of sp³-hybridized carbons (Fsp3) is 0.703. The molecule has 0 radical (unpaired) electrons. The van der Waals surface area contributed by atoms with Gasteiger partial charge in [0.1, 0.15) is 11.4 Å². The lowest BCUT2D eigenvalue weighted by Gasteiger charge is -2.38. The zero-order chi connectivity index (χ0) is 31.5. The van der Waals surface area contributed by atoms with Gasteiger partial charge in [0, 0.05) is 49.4 Å². The van der Waals surface area contributed by atoms with Gasteiger partial charge in [0.05, 0.1) is 39.6 Å². The lowest BCUT2D eigenvalue weighted by atomic mass is 9.80. The molecule has 0 amide bonds. The number of hydrogen-bond acceptors (Lipinski definition) is 7. The monoisotopic (exact) mass is 612 g/mol. The quantitative estimate of drug-likeness (QED) is 0.364. The molecule has 2 spiro atoms. The van der Waals surface area contributed by atoms with Gasteiger partial charge in [-0.15, -0.1) is 6.42 Å². The number of benzene rings is 1. The summed E-state index contributed by atoms with van der Waals surface area (Å²) in [5.74, 6) is 8.56. The number of hydrogen-bond donors (Lipinski definition) is 1. The summed E-state index contributed by atoms with van der Waals surface area (Å²) in [6.45, 7) is 14.3. The first-order valence-electron chi connectivity index (χ1n) is 15.8. The van der Waals surface area contributed by atoms with E-state index in [0.29, 0.717) is 71.1 Å². The average molecular weight is 613 g/mol. The number of rotatable bonds is 5. The van der Waals surface area contributed by atoms with Gasteiger partial charge in [0.15, 0.2) is 11.6 Å². The van der Waals surface area contributed by atoms with Crippen molar-refractivity contribution in [2.75, 3.05) is 33.0 Å². The first-order chi connectivity index (χ1) is 20.3. The maximum atomic E-state index is 10.9. The Morgan fingerprint density at radius 2 is 1.34 bits per heavy atom. The summed E-state index contributed by atoms with van der Waals surface area (Å²) >= 11 is 0. The van der Waals surface area contributed by atoms with Crippen LogP contribution < -0.4 is 0 Å². The second kappa shape index (κ2) is 16.9. The van der Waals surface area contributed by atoms with Gasteiger partial charge in [-0.05, 0) is 52.5 Å². The van der Waals surface area contributed by atoms with Crippen molar-refractivity contribution in [3.63, 3.8) is 0 Å². The van der Waals surface area contributed by atoms with Gasteiger partial charge >= 0.3 is 0 Å². The van der Waals surface area contributed by atoms with Crippen molar-refractivity contribution in [1.29, 1.82) is 0 Å². The minimum atomic E-state index is -0.854. The van der Waals surface area contributed by atoms with Gasteiger partial charge in [-0.3, -0.25) is 4.79 Å². The zero-order valence-corrected chi connectivity index (χ0v) is 27.0. The minimum absolute atomic E-state index is 0. The van der Waals surface area contributed by atoms with Crippen LogP contribution in [0, 0.1) is 35.0 Å². The Morgan fingerprint density at radius 3 is 1.82 bits per heavy atom. The van der Waals surface area contributed by atoms with E-state index >= 15 is 0 Å². The highest BCUT2D eigenvalue weighted by Crippen LogP contribution is 2.40. The van der Waals surface area contributed by atoms with Crippen molar-refractivity contribution >= 4 is 5.78 Å². The van der Waals surface area contributed by atoms with Crippen LogP contribution >= 0.6 is 0 Å². The molecule has 2 saturated heterocycles. The van der Waals surface area contributed by atoms with Crippen molar-refractivity contribution in [1.82, 2.24) is 0 Å². The van der Waals surface area contributed by atoms with E-state index in [1.807, 2.05) is 44.2 Å². The summed E-state index contributed by atoms with van der Waals surface area (Å²) < 4.78 is 27.8. The molecular formula is C37H56O7. The third kappa shape index (κ3) is 12.3. The molecule has 7 heteroatoms. The van der Waals surface area contributed by atoms with Crippen molar-refractivity contribution in [3.8, 4) is 24.2 Å². The van der Waals surface area contributed by atoms with Crippen LogP contribution in [0.4, 0.5) is 0 Å². The highest BCUT2D eigenvalue weighted by molar-refractivity contribution is 5.79. The number of carbonyl (C=O) groups excluding carboxylic acids is 1. The Balaban J connectivity index is 0.000000234. The summed E-state index contributed by atoms with van der Waals surface area (Å²) in [6.07, 6.45) is 11.9. The first-order valence-corrected chi connectivity index (χ1v) is 15.8. The van der Waals surface area contributed by atoms with Crippen LogP contribution in [-0.4, -0.2) is 61.1 Å². The summed E-state index contributed by atoms with van der Waals surface area (Å²) in [7, 11) is 0. The summed E-state index contributed by atoms with van der Waals surface area (Å²) in [5, 5.41) is 10.5. The topological polar surface area (TPSA) is 83.5 Å².